The van der Waals surface area contributed by atoms with E-state index in [1.54, 1.807) is 7.05 Å². The van der Waals surface area contributed by atoms with Crippen molar-refractivity contribution < 1.29 is 8.42 Å². The third kappa shape index (κ3) is 7.99. The quantitative estimate of drug-likeness (QED) is 0.401. The number of hydrogen-bond donors (Lipinski definition) is 2. The van der Waals surface area contributed by atoms with E-state index < -0.39 is 10.0 Å². The van der Waals surface area contributed by atoms with Crippen LogP contribution in [0.3, 0.4) is 0 Å². The third-order valence-corrected chi connectivity index (χ3v) is 4.85. The molecule has 2 N–H and O–H groups in total. The highest BCUT2D eigenvalue weighted by Crippen LogP contribution is 1.99. The number of sulfonamides is 1. The van der Waals surface area contributed by atoms with Crippen molar-refractivity contribution in [2.45, 2.75) is 19.8 Å². The summed E-state index contributed by atoms with van der Waals surface area (Å²) in [5, 5.41) is 6.46. The molecule has 1 aromatic carbocycles. The van der Waals surface area contributed by atoms with Crippen molar-refractivity contribution in [2.75, 3.05) is 39.5 Å². The Morgan fingerprint density at radius 1 is 1.17 bits per heavy atom. The predicted molar refractivity (Wildman–Crippen MR) is 96.2 cm³/mol. The molecule has 0 radical (unpaired) electrons. The number of guanidine groups is 1. The summed E-state index contributed by atoms with van der Waals surface area (Å²) in [6, 6.07) is 10.3. The molecular weight excluding hydrogens is 312 g/mol. The highest BCUT2D eigenvalue weighted by atomic mass is 32.2. The molecule has 1 rings (SSSR count). The van der Waals surface area contributed by atoms with Gasteiger partial charge in [0.15, 0.2) is 5.96 Å². The molecule has 0 unspecified atom stereocenters. The van der Waals surface area contributed by atoms with Gasteiger partial charge in [-0.3, -0.25) is 4.99 Å². The second kappa shape index (κ2) is 10.2. The second-order valence-electron chi connectivity index (χ2n) is 5.27. The molecule has 0 amide bonds. The van der Waals surface area contributed by atoms with Crippen LogP contribution in [0.2, 0.25) is 0 Å². The molecule has 0 atom stereocenters. The average Bonchev–Trinajstić information content (AvgIpc) is 2.52. The standard InChI is InChI=1S/C16H28N4O2S/c1-4-20(23(3,21)22)14-8-12-18-16(17-2)19-13-11-15-9-6-5-7-10-15/h5-7,9-10H,4,8,11-14H2,1-3H3,(H2,17,18,19). The third-order valence-electron chi connectivity index (χ3n) is 3.47. The zero-order chi connectivity index (χ0) is 17.1. The lowest BCUT2D eigenvalue weighted by Gasteiger charge is -2.18. The fourth-order valence-corrected chi connectivity index (χ4v) is 3.14. The summed E-state index contributed by atoms with van der Waals surface area (Å²) < 4.78 is 24.5. The lowest BCUT2D eigenvalue weighted by molar-refractivity contribution is 0.424. The van der Waals surface area contributed by atoms with Gasteiger partial charge in [0.25, 0.3) is 0 Å². The second-order valence-corrected chi connectivity index (χ2v) is 7.25. The van der Waals surface area contributed by atoms with Crippen LogP contribution in [0.4, 0.5) is 0 Å². The number of benzene rings is 1. The summed E-state index contributed by atoms with van der Waals surface area (Å²) in [5.41, 5.74) is 1.28. The van der Waals surface area contributed by atoms with Gasteiger partial charge < -0.3 is 10.6 Å². The van der Waals surface area contributed by atoms with E-state index in [1.807, 2.05) is 25.1 Å². The minimum atomic E-state index is -3.11. The van der Waals surface area contributed by atoms with Crippen molar-refractivity contribution in [2.24, 2.45) is 4.99 Å². The Bertz CT molecular complexity index is 573. The number of aliphatic imine (C=N–C) groups is 1. The Labute approximate surface area is 140 Å². The van der Waals surface area contributed by atoms with Crippen molar-refractivity contribution in [1.29, 1.82) is 0 Å². The highest BCUT2D eigenvalue weighted by Gasteiger charge is 2.13. The molecule has 0 aliphatic heterocycles. The molecule has 0 bridgehead atoms. The number of hydrogen-bond acceptors (Lipinski definition) is 3. The monoisotopic (exact) mass is 340 g/mol. The van der Waals surface area contributed by atoms with Crippen LogP contribution in [0.5, 0.6) is 0 Å². The molecule has 0 heterocycles. The van der Waals surface area contributed by atoms with Gasteiger partial charge in [-0.15, -0.1) is 0 Å². The van der Waals surface area contributed by atoms with Crippen LogP contribution >= 0.6 is 0 Å². The molecular formula is C16H28N4O2S. The zero-order valence-electron chi connectivity index (χ0n) is 14.2. The van der Waals surface area contributed by atoms with Gasteiger partial charge in [0, 0.05) is 33.2 Å². The normalized spacial score (nSPS) is 12.4. The van der Waals surface area contributed by atoms with E-state index in [0.29, 0.717) is 19.6 Å². The van der Waals surface area contributed by atoms with Crippen LogP contribution in [0, 0.1) is 0 Å². The van der Waals surface area contributed by atoms with E-state index in [1.165, 1.54) is 16.1 Å². The Morgan fingerprint density at radius 2 is 1.83 bits per heavy atom. The molecule has 1 aromatic rings. The molecule has 0 aliphatic carbocycles. The lowest BCUT2D eigenvalue weighted by atomic mass is 10.1. The van der Waals surface area contributed by atoms with E-state index in [4.69, 9.17) is 0 Å². The van der Waals surface area contributed by atoms with Crippen LogP contribution in [-0.4, -0.2) is 58.2 Å². The van der Waals surface area contributed by atoms with Crippen LogP contribution in [0.1, 0.15) is 18.9 Å². The first-order chi connectivity index (χ1) is 11.0. The van der Waals surface area contributed by atoms with Crippen LogP contribution < -0.4 is 10.6 Å². The maximum atomic E-state index is 11.5. The molecule has 0 aliphatic rings. The Morgan fingerprint density at radius 3 is 2.39 bits per heavy atom. The summed E-state index contributed by atoms with van der Waals surface area (Å²) in [6.07, 6.45) is 2.91. The Balaban J connectivity index is 2.24. The van der Waals surface area contributed by atoms with E-state index in [-0.39, 0.29) is 0 Å². The Kier molecular flexibility index (Phi) is 8.65. The summed E-state index contributed by atoms with van der Waals surface area (Å²) in [5.74, 6) is 0.739. The molecule has 130 valence electrons. The highest BCUT2D eigenvalue weighted by molar-refractivity contribution is 7.88. The Hall–Kier alpha value is -1.60. The maximum absolute atomic E-state index is 11.5. The summed E-state index contributed by atoms with van der Waals surface area (Å²) in [6.45, 7) is 4.34. The van der Waals surface area contributed by atoms with Gasteiger partial charge in [0.05, 0.1) is 6.26 Å². The van der Waals surface area contributed by atoms with E-state index in [9.17, 15) is 8.42 Å². The van der Waals surface area contributed by atoms with Gasteiger partial charge in [0.1, 0.15) is 0 Å². The average molecular weight is 340 g/mol. The van der Waals surface area contributed by atoms with Crippen LogP contribution in [-0.2, 0) is 16.4 Å². The van der Waals surface area contributed by atoms with Gasteiger partial charge in [-0.1, -0.05) is 37.3 Å². The molecule has 7 heteroatoms. The first kappa shape index (κ1) is 19.4. The van der Waals surface area contributed by atoms with E-state index >= 15 is 0 Å². The lowest BCUT2D eigenvalue weighted by Crippen LogP contribution is -2.40. The fourth-order valence-electron chi connectivity index (χ4n) is 2.21. The summed E-state index contributed by atoms with van der Waals surface area (Å²) in [4.78, 5) is 4.17. The molecule has 0 fully saturated rings. The van der Waals surface area contributed by atoms with Crippen molar-refractivity contribution >= 4 is 16.0 Å². The topological polar surface area (TPSA) is 73.8 Å². The SMILES string of the molecule is CCN(CCCNC(=NC)NCCc1ccccc1)S(C)(=O)=O. The number of nitrogens with one attached hydrogen (secondary N) is 2. The fraction of sp³-hybridized carbons (Fsp3) is 0.562. The van der Waals surface area contributed by atoms with Crippen molar-refractivity contribution in [3.05, 3.63) is 35.9 Å². The van der Waals surface area contributed by atoms with Gasteiger partial charge in [0.2, 0.25) is 10.0 Å². The molecule has 6 nitrogen and oxygen atoms in total. The molecule has 0 aromatic heterocycles. The zero-order valence-corrected chi connectivity index (χ0v) is 15.1. The number of nitrogens with zero attached hydrogens (tertiary/aromatic N) is 2. The smallest absolute Gasteiger partial charge is 0.211 e. The van der Waals surface area contributed by atoms with Gasteiger partial charge >= 0.3 is 0 Å². The van der Waals surface area contributed by atoms with Crippen molar-refractivity contribution in [3.63, 3.8) is 0 Å². The largest absolute Gasteiger partial charge is 0.356 e. The summed E-state index contributed by atoms with van der Waals surface area (Å²) in [7, 11) is -1.38. The van der Waals surface area contributed by atoms with E-state index in [0.717, 1.165) is 25.3 Å². The van der Waals surface area contributed by atoms with Crippen molar-refractivity contribution in [3.8, 4) is 0 Å². The molecule has 0 spiro atoms. The van der Waals surface area contributed by atoms with Crippen LogP contribution in [0.15, 0.2) is 35.3 Å². The van der Waals surface area contributed by atoms with Crippen LogP contribution in [0.25, 0.3) is 0 Å². The first-order valence-corrected chi connectivity index (χ1v) is 9.75. The molecule has 23 heavy (non-hydrogen) atoms. The summed E-state index contributed by atoms with van der Waals surface area (Å²) >= 11 is 0. The molecule has 0 saturated heterocycles. The minimum Gasteiger partial charge on any atom is -0.356 e. The van der Waals surface area contributed by atoms with Crippen molar-refractivity contribution in [1.82, 2.24) is 14.9 Å². The first-order valence-electron chi connectivity index (χ1n) is 7.91. The number of rotatable bonds is 9. The van der Waals surface area contributed by atoms with E-state index in [2.05, 4.69) is 27.8 Å². The minimum absolute atomic E-state index is 0.503. The molecule has 0 saturated carbocycles. The predicted octanol–water partition coefficient (Wildman–Crippen LogP) is 1.07. The van der Waals surface area contributed by atoms with Gasteiger partial charge in [-0.2, -0.15) is 0 Å². The van der Waals surface area contributed by atoms with Gasteiger partial charge in [-0.25, -0.2) is 12.7 Å². The van der Waals surface area contributed by atoms with Gasteiger partial charge in [-0.05, 0) is 18.4 Å². The maximum Gasteiger partial charge on any atom is 0.211 e.